The van der Waals surface area contributed by atoms with Gasteiger partial charge in [-0.05, 0) is 33.3 Å². The molecule has 1 aromatic heterocycles. The summed E-state index contributed by atoms with van der Waals surface area (Å²) in [6.07, 6.45) is 7.23. The highest BCUT2D eigenvalue weighted by atomic mass is 16.2. The van der Waals surface area contributed by atoms with Gasteiger partial charge in [0.25, 0.3) is 11.7 Å². The maximum atomic E-state index is 12.5. The molecule has 0 aliphatic carbocycles. The molecule has 0 fully saturated rings. The zero-order valence-corrected chi connectivity index (χ0v) is 14.2. The van der Waals surface area contributed by atoms with Crippen molar-refractivity contribution in [2.75, 3.05) is 6.54 Å². The van der Waals surface area contributed by atoms with E-state index in [0.29, 0.717) is 17.0 Å². The van der Waals surface area contributed by atoms with Crippen LogP contribution in [0.4, 0.5) is 0 Å². The molecule has 1 amide bonds. The van der Waals surface area contributed by atoms with E-state index in [9.17, 15) is 14.4 Å². The SMILES string of the molecule is C#CCNC(=O)C(=O)c1c(C)c(C(=O)C/C(C)=C/C)n(C)c1C. The number of carbonyl (C=O) groups is 3. The fourth-order valence-corrected chi connectivity index (χ4v) is 2.47. The first-order valence-corrected chi connectivity index (χ1v) is 7.33. The standard InChI is InChI=1S/C18H22N2O3/c1-7-9-19-18(23)17(22)15-12(4)16(20(6)13(15)5)14(21)10-11(3)8-2/h1,8H,9-10H2,2-6H3,(H,19,23)/b11-8+. The Balaban J connectivity index is 3.26. The molecular formula is C18H22N2O3. The van der Waals surface area contributed by atoms with Crippen LogP contribution in [0.1, 0.15) is 52.4 Å². The first kappa shape index (κ1) is 18.4. The fraction of sp³-hybridized carbons (Fsp3) is 0.389. The van der Waals surface area contributed by atoms with Crippen molar-refractivity contribution in [3.63, 3.8) is 0 Å². The van der Waals surface area contributed by atoms with Crippen LogP contribution < -0.4 is 5.32 Å². The van der Waals surface area contributed by atoms with E-state index < -0.39 is 11.7 Å². The van der Waals surface area contributed by atoms with Crippen LogP contribution in [-0.4, -0.2) is 28.6 Å². The highest BCUT2D eigenvalue weighted by molar-refractivity contribution is 6.43. The number of hydrogen-bond acceptors (Lipinski definition) is 3. The van der Waals surface area contributed by atoms with Crippen LogP contribution in [0.15, 0.2) is 11.6 Å². The quantitative estimate of drug-likeness (QED) is 0.378. The van der Waals surface area contributed by atoms with Crippen molar-refractivity contribution >= 4 is 17.5 Å². The molecule has 0 unspecified atom stereocenters. The smallest absolute Gasteiger partial charge is 0.293 e. The van der Waals surface area contributed by atoms with Crippen LogP contribution >= 0.6 is 0 Å². The van der Waals surface area contributed by atoms with E-state index in [1.54, 1.807) is 25.5 Å². The molecule has 23 heavy (non-hydrogen) atoms. The number of aromatic nitrogens is 1. The lowest BCUT2D eigenvalue weighted by molar-refractivity contribution is -0.116. The summed E-state index contributed by atoms with van der Waals surface area (Å²) in [4.78, 5) is 36.7. The van der Waals surface area contributed by atoms with Gasteiger partial charge in [0, 0.05) is 19.2 Å². The lowest BCUT2D eigenvalue weighted by atomic mass is 10.0. The Morgan fingerprint density at radius 1 is 1.30 bits per heavy atom. The van der Waals surface area contributed by atoms with Crippen LogP contribution in [0.3, 0.4) is 0 Å². The fourth-order valence-electron chi connectivity index (χ4n) is 2.47. The molecule has 0 saturated carbocycles. The van der Waals surface area contributed by atoms with Crippen molar-refractivity contribution in [3.05, 3.63) is 34.2 Å². The highest BCUT2D eigenvalue weighted by Gasteiger charge is 2.27. The minimum absolute atomic E-state index is 0.0121. The first-order chi connectivity index (χ1) is 10.8. The molecule has 0 spiro atoms. The van der Waals surface area contributed by atoms with Gasteiger partial charge in [0.2, 0.25) is 0 Å². The second-order valence-corrected chi connectivity index (χ2v) is 5.44. The van der Waals surface area contributed by atoms with Crippen molar-refractivity contribution < 1.29 is 14.4 Å². The van der Waals surface area contributed by atoms with Crippen molar-refractivity contribution in [2.24, 2.45) is 7.05 Å². The van der Waals surface area contributed by atoms with Crippen LogP contribution in [0, 0.1) is 26.2 Å². The molecule has 1 heterocycles. The number of allylic oxidation sites excluding steroid dienone is 2. The van der Waals surface area contributed by atoms with Crippen LogP contribution in [0.25, 0.3) is 0 Å². The number of rotatable bonds is 6. The second kappa shape index (κ2) is 7.59. The topological polar surface area (TPSA) is 68.2 Å². The molecule has 0 aliphatic rings. The summed E-state index contributed by atoms with van der Waals surface area (Å²) in [6.45, 7) is 7.14. The molecule has 122 valence electrons. The van der Waals surface area contributed by atoms with Gasteiger partial charge in [-0.1, -0.05) is 17.6 Å². The van der Waals surface area contributed by atoms with Crippen LogP contribution in [0.2, 0.25) is 0 Å². The lowest BCUT2D eigenvalue weighted by Gasteiger charge is -2.05. The van der Waals surface area contributed by atoms with E-state index in [2.05, 4.69) is 11.2 Å². The Labute approximate surface area is 136 Å². The molecule has 0 aromatic carbocycles. The van der Waals surface area contributed by atoms with E-state index >= 15 is 0 Å². The van der Waals surface area contributed by atoms with Crippen LogP contribution in [0.5, 0.6) is 0 Å². The zero-order valence-electron chi connectivity index (χ0n) is 14.2. The summed E-state index contributed by atoms with van der Waals surface area (Å²) >= 11 is 0. The summed E-state index contributed by atoms with van der Waals surface area (Å²) in [5.74, 6) is 0.736. The molecule has 1 N–H and O–H groups in total. The van der Waals surface area contributed by atoms with E-state index in [-0.39, 0.29) is 24.3 Å². The third kappa shape index (κ3) is 3.78. The van der Waals surface area contributed by atoms with E-state index in [0.717, 1.165) is 5.57 Å². The number of ketones is 2. The molecule has 0 atom stereocenters. The summed E-state index contributed by atoms with van der Waals surface area (Å²) in [5, 5.41) is 2.36. The summed E-state index contributed by atoms with van der Waals surface area (Å²) in [6, 6.07) is 0. The average Bonchev–Trinajstić information content (AvgIpc) is 2.73. The molecule has 1 aromatic rings. The third-order valence-corrected chi connectivity index (χ3v) is 3.91. The van der Waals surface area contributed by atoms with Crippen molar-refractivity contribution in [1.29, 1.82) is 0 Å². The number of hydrogen-bond donors (Lipinski definition) is 1. The molecule has 0 bridgehead atoms. The van der Waals surface area contributed by atoms with E-state index in [4.69, 9.17) is 6.42 Å². The van der Waals surface area contributed by atoms with Gasteiger partial charge in [0.15, 0.2) is 5.78 Å². The van der Waals surface area contributed by atoms with Gasteiger partial charge >= 0.3 is 0 Å². The Hall–Kier alpha value is -2.61. The van der Waals surface area contributed by atoms with Gasteiger partial charge in [-0.3, -0.25) is 14.4 Å². The van der Waals surface area contributed by atoms with Gasteiger partial charge < -0.3 is 9.88 Å². The van der Waals surface area contributed by atoms with Gasteiger partial charge in [0.05, 0.1) is 17.8 Å². The largest absolute Gasteiger partial charge is 0.345 e. The molecule has 0 radical (unpaired) electrons. The summed E-state index contributed by atoms with van der Waals surface area (Å²) < 4.78 is 1.67. The van der Waals surface area contributed by atoms with E-state index in [1.807, 2.05) is 19.9 Å². The number of Topliss-reactive ketones (excluding diaryl/α,β-unsaturated/α-hetero) is 2. The van der Waals surface area contributed by atoms with Gasteiger partial charge in [-0.25, -0.2) is 0 Å². The monoisotopic (exact) mass is 314 g/mol. The van der Waals surface area contributed by atoms with Crippen molar-refractivity contribution in [2.45, 2.75) is 34.1 Å². The maximum Gasteiger partial charge on any atom is 0.293 e. The molecule has 1 rings (SSSR count). The van der Waals surface area contributed by atoms with Gasteiger partial charge in [-0.2, -0.15) is 0 Å². The molecule has 0 aliphatic heterocycles. The third-order valence-electron chi connectivity index (χ3n) is 3.91. The van der Waals surface area contributed by atoms with Gasteiger partial charge in [0.1, 0.15) is 0 Å². The first-order valence-electron chi connectivity index (χ1n) is 7.33. The summed E-state index contributed by atoms with van der Waals surface area (Å²) in [7, 11) is 1.72. The Bertz CT molecular complexity index is 730. The molecule has 5 nitrogen and oxygen atoms in total. The van der Waals surface area contributed by atoms with Crippen molar-refractivity contribution in [1.82, 2.24) is 9.88 Å². The minimum Gasteiger partial charge on any atom is -0.345 e. The maximum absolute atomic E-state index is 12.5. The minimum atomic E-state index is -0.761. The Morgan fingerprint density at radius 3 is 2.43 bits per heavy atom. The number of carbonyl (C=O) groups excluding carboxylic acids is 3. The molecular weight excluding hydrogens is 292 g/mol. The number of terminal acetylenes is 1. The summed E-state index contributed by atoms with van der Waals surface area (Å²) in [5.41, 5.74) is 2.79. The number of nitrogens with zero attached hydrogens (tertiary/aromatic N) is 1. The lowest BCUT2D eigenvalue weighted by Crippen LogP contribution is -2.31. The highest BCUT2D eigenvalue weighted by Crippen LogP contribution is 2.24. The number of amides is 1. The predicted octanol–water partition coefficient (Wildman–Crippen LogP) is 2.11. The molecule has 5 heteroatoms. The van der Waals surface area contributed by atoms with Crippen molar-refractivity contribution in [3.8, 4) is 12.3 Å². The zero-order chi connectivity index (χ0) is 17.7. The average molecular weight is 314 g/mol. The Morgan fingerprint density at radius 2 is 1.91 bits per heavy atom. The second-order valence-electron chi connectivity index (χ2n) is 5.44. The number of nitrogens with one attached hydrogen (secondary N) is 1. The Kier molecular flexibility index (Phi) is 6.09. The van der Waals surface area contributed by atoms with E-state index in [1.165, 1.54) is 0 Å². The van der Waals surface area contributed by atoms with Gasteiger partial charge in [-0.15, -0.1) is 6.42 Å². The normalized spacial score (nSPS) is 11.0. The predicted molar refractivity (Wildman–Crippen MR) is 89.4 cm³/mol. The van der Waals surface area contributed by atoms with Crippen LogP contribution in [-0.2, 0) is 11.8 Å². The molecule has 0 saturated heterocycles.